The van der Waals surface area contributed by atoms with Crippen molar-refractivity contribution in [3.63, 3.8) is 0 Å². The van der Waals surface area contributed by atoms with Gasteiger partial charge in [0.1, 0.15) is 5.75 Å². The number of hydrogen-bond acceptors (Lipinski definition) is 4. The summed E-state index contributed by atoms with van der Waals surface area (Å²) in [5, 5.41) is 2.92. The van der Waals surface area contributed by atoms with Crippen LogP contribution in [0.3, 0.4) is 0 Å². The van der Waals surface area contributed by atoms with Gasteiger partial charge >= 0.3 is 0 Å². The van der Waals surface area contributed by atoms with E-state index in [-0.39, 0.29) is 5.91 Å². The Morgan fingerprint density at radius 1 is 1.26 bits per heavy atom. The zero-order valence-corrected chi connectivity index (χ0v) is 13.2. The SMILES string of the molecule is COc1ccccc1NC(=O)CN1CCCc2c(N)cccc21. The third-order valence-electron chi connectivity index (χ3n) is 4.10. The molecular formula is C18H21N3O2. The largest absolute Gasteiger partial charge is 0.495 e. The number of methoxy groups -OCH3 is 1. The second kappa shape index (κ2) is 6.60. The molecule has 23 heavy (non-hydrogen) atoms. The summed E-state index contributed by atoms with van der Waals surface area (Å²) < 4.78 is 5.26. The van der Waals surface area contributed by atoms with Crippen molar-refractivity contribution in [3.8, 4) is 5.75 Å². The molecule has 120 valence electrons. The van der Waals surface area contributed by atoms with Crippen molar-refractivity contribution >= 4 is 23.0 Å². The Kier molecular flexibility index (Phi) is 4.37. The van der Waals surface area contributed by atoms with Crippen LogP contribution in [0.5, 0.6) is 5.75 Å². The normalized spacial score (nSPS) is 13.3. The van der Waals surface area contributed by atoms with Crippen LogP contribution in [0.2, 0.25) is 0 Å². The van der Waals surface area contributed by atoms with Crippen molar-refractivity contribution in [1.82, 2.24) is 0 Å². The quantitative estimate of drug-likeness (QED) is 0.852. The molecule has 0 unspecified atom stereocenters. The number of fused-ring (bicyclic) bond motifs is 1. The van der Waals surface area contributed by atoms with Crippen LogP contribution in [0, 0.1) is 0 Å². The highest BCUT2D eigenvalue weighted by atomic mass is 16.5. The number of anilines is 3. The fraction of sp³-hybridized carbons (Fsp3) is 0.278. The van der Waals surface area contributed by atoms with Crippen LogP contribution in [0.25, 0.3) is 0 Å². The molecule has 0 aromatic heterocycles. The second-order valence-corrected chi connectivity index (χ2v) is 5.62. The molecule has 0 saturated carbocycles. The van der Waals surface area contributed by atoms with E-state index in [1.54, 1.807) is 7.11 Å². The molecule has 2 aromatic rings. The minimum Gasteiger partial charge on any atom is -0.495 e. The summed E-state index contributed by atoms with van der Waals surface area (Å²) in [4.78, 5) is 14.5. The van der Waals surface area contributed by atoms with E-state index in [1.807, 2.05) is 42.5 Å². The predicted octanol–water partition coefficient (Wildman–Crippen LogP) is 2.67. The lowest BCUT2D eigenvalue weighted by Gasteiger charge is -2.31. The van der Waals surface area contributed by atoms with Crippen LogP contribution >= 0.6 is 0 Å². The molecular weight excluding hydrogens is 290 g/mol. The molecule has 0 saturated heterocycles. The summed E-state index contributed by atoms with van der Waals surface area (Å²) >= 11 is 0. The van der Waals surface area contributed by atoms with E-state index in [1.165, 1.54) is 0 Å². The maximum atomic E-state index is 12.4. The van der Waals surface area contributed by atoms with Crippen LogP contribution in [0.15, 0.2) is 42.5 Å². The number of nitrogens with zero attached hydrogens (tertiary/aromatic N) is 1. The zero-order valence-electron chi connectivity index (χ0n) is 13.2. The third kappa shape index (κ3) is 3.23. The number of carbonyl (C=O) groups excluding carboxylic acids is 1. The van der Waals surface area contributed by atoms with Crippen molar-refractivity contribution in [2.75, 3.05) is 36.1 Å². The highest BCUT2D eigenvalue weighted by molar-refractivity contribution is 5.95. The fourth-order valence-corrected chi connectivity index (χ4v) is 3.00. The van der Waals surface area contributed by atoms with Gasteiger partial charge in [0.15, 0.2) is 0 Å². The maximum Gasteiger partial charge on any atom is 0.243 e. The Balaban J connectivity index is 1.73. The van der Waals surface area contributed by atoms with E-state index in [0.717, 1.165) is 36.3 Å². The molecule has 2 aromatic carbocycles. The Morgan fingerprint density at radius 3 is 2.91 bits per heavy atom. The van der Waals surface area contributed by atoms with Gasteiger partial charge in [-0.15, -0.1) is 0 Å². The molecule has 0 radical (unpaired) electrons. The number of nitrogen functional groups attached to an aromatic ring is 1. The van der Waals surface area contributed by atoms with Gasteiger partial charge < -0.3 is 20.7 Å². The topological polar surface area (TPSA) is 67.6 Å². The van der Waals surface area contributed by atoms with Gasteiger partial charge in [0.2, 0.25) is 5.91 Å². The molecule has 5 nitrogen and oxygen atoms in total. The average Bonchev–Trinajstić information content (AvgIpc) is 2.56. The summed E-state index contributed by atoms with van der Waals surface area (Å²) in [6.45, 7) is 1.16. The minimum atomic E-state index is -0.0650. The first-order chi connectivity index (χ1) is 11.2. The van der Waals surface area contributed by atoms with Gasteiger partial charge in [0, 0.05) is 17.9 Å². The van der Waals surface area contributed by atoms with Gasteiger partial charge in [-0.2, -0.15) is 0 Å². The third-order valence-corrected chi connectivity index (χ3v) is 4.10. The van der Waals surface area contributed by atoms with Crippen LogP contribution in [-0.2, 0) is 11.2 Å². The van der Waals surface area contributed by atoms with Crippen molar-refractivity contribution in [2.24, 2.45) is 0 Å². The molecule has 3 N–H and O–H groups in total. The Bertz CT molecular complexity index is 715. The van der Waals surface area contributed by atoms with Crippen molar-refractivity contribution in [2.45, 2.75) is 12.8 Å². The lowest BCUT2D eigenvalue weighted by molar-refractivity contribution is -0.115. The molecule has 1 amide bonds. The summed E-state index contributed by atoms with van der Waals surface area (Å²) in [6.07, 6.45) is 1.97. The molecule has 0 fully saturated rings. The van der Waals surface area contributed by atoms with E-state index in [2.05, 4.69) is 10.2 Å². The van der Waals surface area contributed by atoms with E-state index < -0.39 is 0 Å². The first-order valence-corrected chi connectivity index (χ1v) is 7.74. The number of hydrogen-bond donors (Lipinski definition) is 2. The fourth-order valence-electron chi connectivity index (χ4n) is 3.00. The van der Waals surface area contributed by atoms with Crippen LogP contribution in [-0.4, -0.2) is 26.1 Å². The minimum absolute atomic E-state index is 0.0650. The van der Waals surface area contributed by atoms with Crippen LogP contribution in [0.1, 0.15) is 12.0 Å². The summed E-state index contributed by atoms with van der Waals surface area (Å²) in [5.41, 5.74) is 9.74. The lowest BCUT2D eigenvalue weighted by Crippen LogP contribution is -2.37. The Hall–Kier alpha value is -2.69. The number of amides is 1. The van der Waals surface area contributed by atoms with Gasteiger partial charge in [-0.05, 0) is 42.7 Å². The predicted molar refractivity (Wildman–Crippen MR) is 93.0 cm³/mol. The number of para-hydroxylation sites is 2. The lowest BCUT2D eigenvalue weighted by atomic mass is 10.00. The van der Waals surface area contributed by atoms with Crippen LogP contribution < -0.4 is 20.7 Å². The Morgan fingerprint density at radius 2 is 2.09 bits per heavy atom. The zero-order chi connectivity index (χ0) is 16.2. The second-order valence-electron chi connectivity index (χ2n) is 5.62. The van der Waals surface area contributed by atoms with Gasteiger partial charge in [0.25, 0.3) is 0 Å². The molecule has 0 spiro atoms. The number of benzene rings is 2. The number of carbonyl (C=O) groups is 1. The number of ether oxygens (including phenoxy) is 1. The standard InChI is InChI=1S/C18H21N3O2/c1-23-17-10-3-2-8-15(17)20-18(22)12-21-11-5-6-13-14(19)7-4-9-16(13)21/h2-4,7-10H,5-6,11-12,19H2,1H3,(H,20,22). The number of rotatable bonds is 4. The molecule has 1 aliphatic rings. The molecule has 1 heterocycles. The molecule has 3 rings (SSSR count). The molecule has 0 aliphatic carbocycles. The number of nitrogens with two attached hydrogens (primary N) is 1. The first kappa shape index (κ1) is 15.2. The van der Waals surface area contributed by atoms with E-state index >= 15 is 0 Å². The first-order valence-electron chi connectivity index (χ1n) is 7.74. The summed E-state index contributed by atoms with van der Waals surface area (Å²) in [6, 6.07) is 13.3. The smallest absolute Gasteiger partial charge is 0.243 e. The van der Waals surface area contributed by atoms with E-state index in [0.29, 0.717) is 18.0 Å². The highest BCUT2D eigenvalue weighted by Crippen LogP contribution is 2.31. The molecule has 5 heteroatoms. The maximum absolute atomic E-state index is 12.4. The number of nitrogens with one attached hydrogen (secondary N) is 1. The van der Waals surface area contributed by atoms with Gasteiger partial charge in [0.05, 0.1) is 19.3 Å². The molecule has 1 aliphatic heterocycles. The van der Waals surface area contributed by atoms with Gasteiger partial charge in [-0.1, -0.05) is 18.2 Å². The molecule has 0 atom stereocenters. The van der Waals surface area contributed by atoms with Crippen molar-refractivity contribution < 1.29 is 9.53 Å². The average molecular weight is 311 g/mol. The highest BCUT2D eigenvalue weighted by Gasteiger charge is 2.20. The van der Waals surface area contributed by atoms with Crippen molar-refractivity contribution in [3.05, 3.63) is 48.0 Å². The Labute approximate surface area is 136 Å². The van der Waals surface area contributed by atoms with Crippen molar-refractivity contribution in [1.29, 1.82) is 0 Å². The van der Waals surface area contributed by atoms with E-state index in [4.69, 9.17) is 10.5 Å². The van der Waals surface area contributed by atoms with Gasteiger partial charge in [-0.3, -0.25) is 4.79 Å². The summed E-state index contributed by atoms with van der Waals surface area (Å²) in [7, 11) is 1.59. The summed E-state index contributed by atoms with van der Waals surface area (Å²) in [5.74, 6) is 0.592. The van der Waals surface area contributed by atoms with E-state index in [9.17, 15) is 4.79 Å². The monoisotopic (exact) mass is 311 g/mol. The molecule has 0 bridgehead atoms. The van der Waals surface area contributed by atoms with Gasteiger partial charge in [-0.25, -0.2) is 0 Å². The van der Waals surface area contributed by atoms with Crippen LogP contribution in [0.4, 0.5) is 17.1 Å².